The molecule has 0 saturated heterocycles. The Bertz CT molecular complexity index is 3390. The minimum atomic E-state index is -0.368. The molecule has 0 saturated carbocycles. The molecule has 8 nitrogen and oxygen atoms in total. The largest absolute Gasteiger partial charge is 2.00 e. The molecule has 3 aliphatic rings. The number of amides is 2. The van der Waals surface area contributed by atoms with Gasteiger partial charge < -0.3 is 15.7 Å². The minimum Gasteiger partial charge on any atom is -0.657 e. The van der Waals surface area contributed by atoms with Gasteiger partial charge in [0.05, 0.1) is 40.4 Å². The zero-order valence-corrected chi connectivity index (χ0v) is 36.1. The van der Waals surface area contributed by atoms with Crippen LogP contribution in [0.15, 0.2) is 182 Å². The molecular formula is C57H36N6NiO2. The molecule has 0 unspecified atom stereocenters. The summed E-state index contributed by atoms with van der Waals surface area (Å²) in [5.74, 6) is -0.735. The maximum absolute atomic E-state index is 14.4. The van der Waals surface area contributed by atoms with E-state index in [9.17, 15) is 9.59 Å². The second kappa shape index (κ2) is 16.3. The van der Waals surface area contributed by atoms with Crippen LogP contribution in [0.3, 0.4) is 0 Å². The van der Waals surface area contributed by atoms with Crippen molar-refractivity contribution in [3.05, 3.63) is 210 Å². The van der Waals surface area contributed by atoms with Gasteiger partial charge in [0.25, 0.3) is 11.8 Å². The van der Waals surface area contributed by atoms with E-state index in [2.05, 4.69) is 60.7 Å². The van der Waals surface area contributed by atoms with Crippen molar-refractivity contribution in [2.24, 2.45) is 0 Å². The Morgan fingerprint density at radius 1 is 0.424 bits per heavy atom. The summed E-state index contributed by atoms with van der Waals surface area (Å²) >= 11 is 0. The van der Waals surface area contributed by atoms with Crippen LogP contribution in [-0.4, -0.2) is 26.7 Å². The number of hydrogen-bond donors (Lipinski definition) is 1. The number of hydrogen-bond acceptors (Lipinski definition) is 5. The Balaban J connectivity index is 0.00000481. The van der Waals surface area contributed by atoms with Crippen LogP contribution in [0.2, 0.25) is 0 Å². The summed E-state index contributed by atoms with van der Waals surface area (Å²) in [6.07, 6.45) is 4.13. The summed E-state index contributed by atoms with van der Waals surface area (Å²) in [6, 6.07) is 59.7. The Kier molecular flexibility index (Phi) is 9.98. The van der Waals surface area contributed by atoms with Gasteiger partial charge in [-0.05, 0) is 86.5 Å². The van der Waals surface area contributed by atoms with Crippen LogP contribution in [0.4, 0.5) is 5.69 Å². The maximum atomic E-state index is 14.4. The molecule has 2 amide bonds. The van der Waals surface area contributed by atoms with Gasteiger partial charge in [-0.1, -0.05) is 158 Å². The average molecular weight is 896 g/mol. The van der Waals surface area contributed by atoms with Gasteiger partial charge in [-0.3, -0.25) is 14.5 Å². The van der Waals surface area contributed by atoms with E-state index < -0.39 is 0 Å². The van der Waals surface area contributed by atoms with E-state index in [0.29, 0.717) is 50.4 Å². The van der Waals surface area contributed by atoms with E-state index in [0.717, 1.165) is 72.5 Å². The molecule has 0 fully saturated rings. The van der Waals surface area contributed by atoms with Crippen LogP contribution in [0.1, 0.15) is 37.7 Å². The van der Waals surface area contributed by atoms with Crippen molar-refractivity contribution in [3.8, 4) is 67.0 Å². The van der Waals surface area contributed by atoms with Gasteiger partial charge >= 0.3 is 16.5 Å². The molecule has 6 heterocycles. The van der Waals surface area contributed by atoms with Gasteiger partial charge in [0.1, 0.15) is 0 Å². The fourth-order valence-electron chi connectivity index (χ4n) is 9.30. The Morgan fingerprint density at radius 3 is 1.18 bits per heavy atom. The number of rotatable bonds is 6. The standard InChI is InChI=1S/C57H38N6O2.Ni/c58-39-23-21-34(22-24-39)33-63-56(64)42-31-40-41(32-43(42)57(63)65)55-53(38-19-11-4-12-20-38)49-30-28-47(61-49)51(36-15-7-2-8-16-36)45-26-25-44(59-45)50(35-13-5-1-6-14-35)46-27-29-48(60-46)52(54(40)62-55)37-17-9-3-10-18-37;/h1-32H,33,58H2,(H2,59,60,61,62,64,65);/q;+2/p-2. The Hall–Kier alpha value is -8.39. The SMILES string of the molecule is Nc1ccc(CN2C(=O)c3cc4c(cc3C2=O)-c2nc-4c(-c3ccccc3)c3ccc([n-]3)c(-c3ccccc3)c3nc(c(-c4ccccc4)c4ccc([n-]4)c2-c2ccccc2)C=C3)cc1.[Ni+2]. The fourth-order valence-corrected chi connectivity index (χ4v) is 9.30. The number of nitrogens with two attached hydrogens (primary N) is 1. The molecule has 8 bridgehead atoms. The van der Waals surface area contributed by atoms with Crippen LogP contribution in [-0.2, 0) is 23.0 Å². The summed E-state index contributed by atoms with van der Waals surface area (Å²) in [5, 5.41) is 0. The van der Waals surface area contributed by atoms with Gasteiger partial charge in [-0.15, -0.1) is 22.1 Å². The zero-order valence-electron chi connectivity index (χ0n) is 35.1. The molecule has 3 aliphatic heterocycles. The second-order valence-corrected chi connectivity index (χ2v) is 16.3. The van der Waals surface area contributed by atoms with Crippen molar-refractivity contribution >= 4 is 51.7 Å². The predicted molar refractivity (Wildman–Crippen MR) is 259 cm³/mol. The van der Waals surface area contributed by atoms with E-state index in [-0.39, 0.29) is 34.9 Å². The fraction of sp³-hybridized carbons (Fsp3) is 0.0175. The Labute approximate surface area is 390 Å². The van der Waals surface area contributed by atoms with Crippen molar-refractivity contribution in [2.45, 2.75) is 6.54 Å². The van der Waals surface area contributed by atoms with Gasteiger partial charge in [0.15, 0.2) is 0 Å². The smallest absolute Gasteiger partial charge is 0.657 e. The van der Waals surface area contributed by atoms with Gasteiger partial charge in [-0.25, -0.2) is 9.97 Å². The van der Waals surface area contributed by atoms with Crippen LogP contribution < -0.4 is 15.7 Å². The summed E-state index contributed by atoms with van der Waals surface area (Å²) in [5.41, 5.74) is 22.2. The molecule has 2 N–H and O–H groups in total. The number of benzene rings is 6. The van der Waals surface area contributed by atoms with Gasteiger partial charge in [0, 0.05) is 16.8 Å². The average Bonchev–Trinajstić information content (AvgIpc) is 4.21. The minimum absolute atomic E-state index is 0. The first-order chi connectivity index (χ1) is 32.0. The molecule has 9 aromatic rings. The third-order valence-electron chi connectivity index (χ3n) is 12.3. The molecule has 12 rings (SSSR count). The number of carbonyl (C=O) groups excluding carboxylic acids is 2. The normalized spacial score (nSPS) is 12.5. The summed E-state index contributed by atoms with van der Waals surface area (Å²) in [4.78, 5) is 52.0. The summed E-state index contributed by atoms with van der Waals surface area (Å²) < 4.78 is 0. The molecule has 0 radical (unpaired) electrons. The van der Waals surface area contributed by atoms with Crippen molar-refractivity contribution in [2.75, 3.05) is 5.73 Å². The quantitative estimate of drug-likeness (QED) is 0.100. The van der Waals surface area contributed by atoms with E-state index in [1.54, 1.807) is 12.1 Å². The van der Waals surface area contributed by atoms with Crippen LogP contribution in [0.5, 0.6) is 0 Å². The summed E-state index contributed by atoms with van der Waals surface area (Å²) in [6.45, 7) is 0.109. The summed E-state index contributed by atoms with van der Waals surface area (Å²) in [7, 11) is 0. The monoisotopic (exact) mass is 894 g/mol. The molecule has 0 spiro atoms. The van der Waals surface area contributed by atoms with Gasteiger partial charge in [0.2, 0.25) is 0 Å². The van der Waals surface area contributed by atoms with Crippen molar-refractivity contribution in [1.29, 1.82) is 0 Å². The van der Waals surface area contributed by atoms with E-state index in [1.165, 1.54) is 4.90 Å². The molecule has 3 aromatic heterocycles. The molecule has 6 aromatic carbocycles. The molecule has 316 valence electrons. The van der Waals surface area contributed by atoms with Crippen LogP contribution in [0, 0.1) is 0 Å². The number of aromatic nitrogens is 4. The molecule has 0 atom stereocenters. The third-order valence-corrected chi connectivity index (χ3v) is 12.3. The number of carbonyl (C=O) groups is 2. The molecule has 66 heavy (non-hydrogen) atoms. The molecule has 9 heteroatoms. The van der Waals surface area contributed by atoms with Crippen molar-refractivity contribution in [3.63, 3.8) is 0 Å². The predicted octanol–water partition coefficient (Wildman–Crippen LogP) is 12.1. The van der Waals surface area contributed by atoms with Crippen LogP contribution >= 0.6 is 0 Å². The third kappa shape index (κ3) is 6.76. The number of nitrogens with zero attached hydrogens (tertiary/aromatic N) is 5. The topological polar surface area (TPSA) is 117 Å². The van der Waals surface area contributed by atoms with E-state index in [4.69, 9.17) is 25.7 Å². The number of fused-ring (bicyclic) bond motifs is 12. The number of nitrogen functional groups attached to an aromatic ring is 1. The van der Waals surface area contributed by atoms with Crippen molar-refractivity contribution in [1.82, 2.24) is 24.8 Å². The first kappa shape index (κ1) is 40.4. The second-order valence-electron chi connectivity index (χ2n) is 16.3. The Morgan fingerprint density at radius 2 is 0.788 bits per heavy atom. The van der Waals surface area contributed by atoms with E-state index >= 15 is 0 Å². The van der Waals surface area contributed by atoms with Crippen molar-refractivity contribution < 1.29 is 26.1 Å². The number of imide groups is 1. The molecular weight excluding hydrogens is 859 g/mol. The number of anilines is 1. The first-order valence-corrected chi connectivity index (χ1v) is 21.5. The maximum Gasteiger partial charge on any atom is 2.00 e. The van der Waals surface area contributed by atoms with Gasteiger partial charge in [-0.2, -0.15) is 0 Å². The first-order valence-electron chi connectivity index (χ1n) is 21.5. The molecule has 0 aliphatic carbocycles. The zero-order chi connectivity index (χ0) is 43.6. The van der Waals surface area contributed by atoms with Crippen LogP contribution in [0.25, 0.3) is 101 Å². The van der Waals surface area contributed by atoms with E-state index in [1.807, 2.05) is 121 Å².